The maximum absolute atomic E-state index is 13.1. The highest BCUT2D eigenvalue weighted by Gasteiger charge is 2.07. The number of hydrogen-bond donors (Lipinski definition) is 1. The van der Waals surface area contributed by atoms with E-state index < -0.39 is 11.8 Å². The molecule has 1 aromatic carbocycles. The highest BCUT2D eigenvalue weighted by atomic mass is 19.1. The minimum absolute atomic E-state index is 0.152. The number of nitrogens with two attached hydrogens (primary N) is 1. The Bertz CT molecular complexity index is 446. The van der Waals surface area contributed by atoms with Crippen LogP contribution in [-0.2, 0) is 4.74 Å². The lowest BCUT2D eigenvalue weighted by atomic mass is 10.1. The van der Waals surface area contributed by atoms with E-state index in [1.54, 1.807) is 0 Å². The van der Waals surface area contributed by atoms with Crippen LogP contribution in [0.25, 0.3) is 0 Å². The van der Waals surface area contributed by atoms with Crippen molar-refractivity contribution < 1.29 is 13.9 Å². The molecule has 0 fully saturated rings. The molecular weight excluding hydrogens is 209 g/mol. The second-order valence-corrected chi connectivity index (χ2v) is 3.06. The average molecular weight is 221 g/mol. The Hall–Kier alpha value is -1.86. The summed E-state index contributed by atoms with van der Waals surface area (Å²) in [6.45, 7) is 0.451. The second kappa shape index (κ2) is 5.89. The highest BCUT2D eigenvalue weighted by Crippen LogP contribution is 2.09. The molecule has 3 nitrogen and oxygen atoms in total. The van der Waals surface area contributed by atoms with Gasteiger partial charge in [-0.1, -0.05) is 11.8 Å². The van der Waals surface area contributed by atoms with Crippen LogP contribution in [-0.4, -0.2) is 19.6 Å². The monoisotopic (exact) mass is 221 g/mol. The number of carbonyl (C=O) groups is 1. The molecule has 0 aliphatic rings. The Balaban J connectivity index is 3.00. The van der Waals surface area contributed by atoms with E-state index in [9.17, 15) is 9.18 Å². The third-order valence-corrected chi connectivity index (χ3v) is 1.82. The van der Waals surface area contributed by atoms with Crippen LogP contribution < -0.4 is 5.73 Å². The van der Waals surface area contributed by atoms with Gasteiger partial charge in [-0.2, -0.15) is 0 Å². The molecule has 1 aromatic rings. The van der Waals surface area contributed by atoms with Crippen molar-refractivity contribution in [3.05, 3.63) is 35.1 Å². The van der Waals surface area contributed by atoms with E-state index in [0.29, 0.717) is 18.5 Å². The Morgan fingerprint density at radius 2 is 2.25 bits per heavy atom. The molecular formula is C12H12FNO2. The van der Waals surface area contributed by atoms with Crippen LogP contribution in [0, 0.1) is 17.7 Å². The van der Waals surface area contributed by atoms with Crippen LogP contribution in [0.3, 0.4) is 0 Å². The number of esters is 1. The van der Waals surface area contributed by atoms with Crippen molar-refractivity contribution in [1.29, 1.82) is 0 Å². The van der Waals surface area contributed by atoms with Crippen molar-refractivity contribution in [2.45, 2.75) is 6.42 Å². The lowest BCUT2D eigenvalue weighted by Gasteiger charge is -2.00. The third kappa shape index (κ3) is 3.37. The number of rotatable bonds is 2. The molecule has 1 rings (SSSR count). The largest absolute Gasteiger partial charge is 0.465 e. The molecule has 0 heterocycles. The second-order valence-electron chi connectivity index (χ2n) is 3.06. The van der Waals surface area contributed by atoms with Crippen molar-refractivity contribution >= 4 is 5.97 Å². The molecule has 0 spiro atoms. The zero-order valence-electron chi connectivity index (χ0n) is 8.92. The minimum Gasteiger partial charge on any atom is -0.465 e. The molecule has 2 N–H and O–H groups in total. The molecule has 0 aromatic heterocycles. The normalized spacial score (nSPS) is 9.19. The van der Waals surface area contributed by atoms with E-state index in [-0.39, 0.29) is 5.56 Å². The molecule has 0 unspecified atom stereocenters. The van der Waals surface area contributed by atoms with Gasteiger partial charge in [0.15, 0.2) is 0 Å². The predicted molar refractivity (Wildman–Crippen MR) is 58.3 cm³/mol. The standard InChI is InChI=1S/C12H12FNO2/c1-16-12(15)10-6-9(4-2-3-5-14)7-11(13)8-10/h6-8H,3,5,14H2,1H3. The predicted octanol–water partition coefficient (Wildman–Crippen LogP) is 1.31. The fourth-order valence-corrected chi connectivity index (χ4v) is 1.13. The summed E-state index contributed by atoms with van der Waals surface area (Å²) in [6.07, 6.45) is 0.532. The van der Waals surface area contributed by atoms with E-state index in [2.05, 4.69) is 16.6 Å². The van der Waals surface area contributed by atoms with Crippen LogP contribution >= 0.6 is 0 Å². The first-order valence-electron chi connectivity index (χ1n) is 4.75. The van der Waals surface area contributed by atoms with E-state index in [1.165, 1.54) is 19.2 Å². The number of halogens is 1. The fraction of sp³-hybridized carbons (Fsp3) is 0.250. The van der Waals surface area contributed by atoms with Gasteiger partial charge in [-0.3, -0.25) is 0 Å². The van der Waals surface area contributed by atoms with Gasteiger partial charge in [0.05, 0.1) is 12.7 Å². The van der Waals surface area contributed by atoms with E-state index in [4.69, 9.17) is 5.73 Å². The van der Waals surface area contributed by atoms with Gasteiger partial charge >= 0.3 is 5.97 Å². The molecule has 0 atom stereocenters. The lowest BCUT2D eigenvalue weighted by Crippen LogP contribution is -2.02. The molecule has 0 aliphatic carbocycles. The Morgan fingerprint density at radius 3 is 2.88 bits per heavy atom. The highest BCUT2D eigenvalue weighted by molar-refractivity contribution is 5.89. The van der Waals surface area contributed by atoms with Crippen molar-refractivity contribution in [3.63, 3.8) is 0 Å². The average Bonchev–Trinajstić information content (AvgIpc) is 2.27. The van der Waals surface area contributed by atoms with Gasteiger partial charge in [0, 0.05) is 18.5 Å². The van der Waals surface area contributed by atoms with Crippen LogP contribution in [0.2, 0.25) is 0 Å². The summed E-state index contributed by atoms with van der Waals surface area (Å²) >= 11 is 0. The van der Waals surface area contributed by atoms with Crippen molar-refractivity contribution in [2.75, 3.05) is 13.7 Å². The van der Waals surface area contributed by atoms with Gasteiger partial charge in [-0.25, -0.2) is 9.18 Å². The van der Waals surface area contributed by atoms with Gasteiger partial charge in [0.2, 0.25) is 0 Å². The maximum Gasteiger partial charge on any atom is 0.337 e. The molecule has 4 heteroatoms. The third-order valence-electron chi connectivity index (χ3n) is 1.82. The van der Waals surface area contributed by atoms with Crippen molar-refractivity contribution in [2.24, 2.45) is 5.73 Å². The van der Waals surface area contributed by atoms with Crippen molar-refractivity contribution in [1.82, 2.24) is 0 Å². The van der Waals surface area contributed by atoms with Crippen LogP contribution in [0.4, 0.5) is 4.39 Å². The van der Waals surface area contributed by atoms with E-state index in [1.807, 2.05) is 0 Å². The number of ether oxygens (including phenoxy) is 1. The van der Waals surface area contributed by atoms with Gasteiger partial charge < -0.3 is 10.5 Å². The molecule has 0 radical (unpaired) electrons. The first-order chi connectivity index (χ1) is 7.67. The van der Waals surface area contributed by atoms with Gasteiger partial charge in [-0.15, -0.1) is 0 Å². The minimum atomic E-state index is -0.582. The summed E-state index contributed by atoms with van der Waals surface area (Å²) in [5, 5.41) is 0. The molecule has 0 aliphatic heterocycles. The molecule has 0 amide bonds. The maximum atomic E-state index is 13.1. The summed E-state index contributed by atoms with van der Waals surface area (Å²) in [4.78, 5) is 11.2. The Kier molecular flexibility index (Phi) is 4.49. The number of hydrogen-bond acceptors (Lipinski definition) is 3. The molecule has 0 saturated carbocycles. The van der Waals surface area contributed by atoms with Gasteiger partial charge in [-0.05, 0) is 18.2 Å². The summed E-state index contributed by atoms with van der Waals surface area (Å²) in [5.41, 5.74) is 5.86. The van der Waals surface area contributed by atoms with Gasteiger partial charge in [0.1, 0.15) is 5.82 Å². The summed E-state index contributed by atoms with van der Waals surface area (Å²) in [6, 6.07) is 3.86. The van der Waals surface area contributed by atoms with E-state index >= 15 is 0 Å². The number of carbonyl (C=O) groups excluding carboxylic acids is 1. The molecule has 0 bridgehead atoms. The molecule has 84 valence electrons. The SMILES string of the molecule is COC(=O)c1cc(F)cc(C#CCCN)c1. The van der Waals surface area contributed by atoms with Crippen LogP contribution in [0.5, 0.6) is 0 Å². The smallest absolute Gasteiger partial charge is 0.337 e. The van der Waals surface area contributed by atoms with Crippen LogP contribution in [0.1, 0.15) is 22.3 Å². The lowest BCUT2D eigenvalue weighted by molar-refractivity contribution is 0.0600. The first-order valence-corrected chi connectivity index (χ1v) is 4.75. The van der Waals surface area contributed by atoms with Crippen LogP contribution in [0.15, 0.2) is 18.2 Å². The number of benzene rings is 1. The summed E-state index contributed by atoms with van der Waals surface area (Å²) in [5.74, 6) is 4.40. The summed E-state index contributed by atoms with van der Waals surface area (Å²) in [7, 11) is 1.24. The summed E-state index contributed by atoms with van der Waals surface area (Å²) < 4.78 is 17.6. The van der Waals surface area contributed by atoms with E-state index in [0.717, 1.165) is 6.07 Å². The molecule has 0 saturated heterocycles. The van der Waals surface area contributed by atoms with Gasteiger partial charge in [0.25, 0.3) is 0 Å². The quantitative estimate of drug-likeness (QED) is 0.605. The van der Waals surface area contributed by atoms with Crippen molar-refractivity contribution in [3.8, 4) is 11.8 Å². The zero-order chi connectivity index (χ0) is 12.0. The fourth-order valence-electron chi connectivity index (χ4n) is 1.13. The number of methoxy groups -OCH3 is 1. The molecule has 16 heavy (non-hydrogen) atoms. The Morgan fingerprint density at radius 1 is 1.50 bits per heavy atom. The zero-order valence-corrected chi connectivity index (χ0v) is 8.92. The Labute approximate surface area is 93.4 Å². The first kappa shape index (κ1) is 12.2. The topological polar surface area (TPSA) is 52.3 Å².